The molecule has 12 nitrogen and oxygen atoms in total. The second-order valence-corrected chi connectivity index (χ2v) is 7.93. The van der Waals surface area contributed by atoms with Gasteiger partial charge in [-0.3, -0.25) is 4.90 Å². The molecule has 2 heterocycles. The van der Waals surface area contributed by atoms with Gasteiger partial charge in [0.15, 0.2) is 0 Å². The summed E-state index contributed by atoms with van der Waals surface area (Å²) in [5, 5.41) is 21.9. The molecule has 0 spiro atoms. The Kier molecular flexibility index (Phi) is 7.93. The summed E-state index contributed by atoms with van der Waals surface area (Å²) in [6.07, 6.45) is -2.63. The molecule has 1 aromatic carbocycles. The minimum atomic E-state index is -1.13. The van der Waals surface area contributed by atoms with Gasteiger partial charge in [0.05, 0.1) is 13.2 Å². The van der Waals surface area contributed by atoms with Crippen LogP contribution in [0.25, 0.3) is 0 Å². The highest BCUT2D eigenvalue weighted by atomic mass is 16.6. The zero-order valence-electron chi connectivity index (χ0n) is 18.3. The van der Waals surface area contributed by atoms with Gasteiger partial charge in [-0.25, -0.2) is 19.2 Å². The summed E-state index contributed by atoms with van der Waals surface area (Å²) in [5.74, 6) is -0.571. The Morgan fingerprint density at radius 3 is 2.39 bits per heavy atom. The summed E-state index contributed by atoms with van der Waals surface area (Å²) < 4.78 is 10.2. The molecule has 2 aliphatic rings. The van der Waals surface area contributed by atoms with Crippen LogP contribution >= 0.6 is 0 Å². The number of ether oxygens (including phenoxy) is 2. The van der Waals surface area contributed by atoms with E-state index in [2.05, 4.69) is 5.32 Å². The summed E-state index contributed by atoms with van der Waals surface area (Å²) in [4.78, 5) is 51.4. The molecular weight excluding hydrogens is 436 g/mol. The Hall–Kier alpha value is -3.54. The summed E-state index contributed by atoms with van der Waals surface area (Å²) in [5.41, 5.74) is 0.809. The Labute approximate surface area is 190 Å². The van der Waals surface area contributed by atoms with Crippen LogP contribution in [0.2, 0.25) is 0 Å². The van der Waals surface area contributed by atoms with Crippen LogP contribution in [0.4, 0.5) is 14.4 Å². The Morgan fingerprint density at radius 2 is 1.76 bits per heavy atom. The van der Waals surface area contributed by atoms with Crippen LogP contribution in [-0.4, -0.2) is 107 Å². The number of hydrogen-bond donors (Lipinski definition) is 3. The highest BCUT2D eigenvalue weighted by molar-refractivity contribution is 5.82. The second kappa shape index (κ2) is 10.9. The fourth-order valence-corrected chi connectivity index (χ4v) is 4.11. The van der Waals surface area contributed by atoms with Gasteiger partial charge in [-0.05, 0) is 12.0 Å². The average Bonchev–Trinajstić information content (AvgIpc) is 3.25. The van der Waals surface area contributed by atoms with Gasteiger partial charge in [0.1, 0.15) is 12.6 Å². The standard InChI is InChI=1S/C21H28N4O8/c1-32-18(26)17-9-15(11-25(17)21(31)33-13-14-5-3-2-4-6-14)22-10-16-12-23(19(27)28)7-8-24(16)20(29)30/h2-6,15-17,22H,7-13H2,1H3,(H,27,28)(H,29,30)/t15-,16+,17+/m0/s1. The fourth-order valence-electron chi connectivity index (χ4n) is 4.11. The van der Waals surface area contributed by atoms with E-state index in [9.17, 15) is 29.4 Å². The van der Waals surface area contributed by atoms with Crippen LogP contribution in [0.5, 0.6) is 0 Å². The number of esters is 1. The Morgan fingerprint density at radius 1 is 1.03 bits per heavy atom. The number of nitrogens with one attached hydrogen (secondary N) is 1. The number of methoxy groups -OCH3 is 1. The van der Waals surface area contributed by atoms with Gasteiger partial charge < -0.3 is 34.8 Å². The molecular formula is C21H28N4O8. The highest BCUT2D eigenvalue weighted by Gasteiger charge is 2.42. The van der Waals surface area contributed by atoms with Crippen molar-refractivity contribution in [3.63, 3.8) is 0 Å². The largest absolute Gasteiger partial charge is 0.467 e. The molecule has 180 valence electrons. The molecule has 0 radical (unpaired) electrons. The maximum atomic E-state index is 12.7. The molecule has 2 aliphatic heterocycles. The lowest BCUT2D eigenvalue weighted by Crippen LogP contribution is -2.59. The fraction of sp³-hybridized carbons (Fsp3) is 0.524. The molecule has 0 bridgehead atoms. The van der Waals surface area contributed by atoms with Crippen molar-refractivity contribution in [2.45, 2.75) is 31.2 Å². The van der Waals surface area contributed by atoms with Crippen molar-refractivity contribution in [2.75, 3.05) is 39.8 Å². The number of carboxylic acid groups (broad SMARTS) is 2. The first-order chi connectivity index (χ1) is 15.8. The van der Waals surface area contributed by atoms with Crippen LogP contribution in [0.15, 0.2) is 30.3 Å². The van der Waals surface area contributed by atoms with Gasteiger partial charge in [0, 0.05) is 38.8 Å². The summed E-state index contributed by atoms with van der Waals surface area (Å²) in [7, 11) is 1.24. The normalized spacial score (nSPS) is 22.7. The summed E-state index contributed by atoms with van der Waals surface area (Å²) in [6.45, 7) is 0.596. The van der Waals surface area contributed by atoms with E-state index in [0.717, 1.165) is 5.56 Å². The number of piperazine rings is 1. The van der Waals surface area contributed by atoms with Crippen molar-refractivity contribution in [2.24, 2.45) is 0 Å². The Bertz CT molecular complexity index is 867. The van der Waals surface area contributed by atoms with E-state index >= 15 is 0 Å². The third-order valence-corrected chi connectivity index (χ3v) is 5.86. The first-order valence-corrected chi connectivity index (χ1v) is 10.6. The third kappa shape index (κ3) is 6.04. The van der Waals surface area contributed by atoms with Crippen LogP contribution < -0.4 is 5.32 Å². The van der Waals surface area contributed by atoms with Crippen LogP contribution in [0, 0.1) is 0 Å². The summed E-state index contributed by atoms with van der Waals surface area (Å²) >= 11 is 0. The molecule has 2 saturated heterocycles. The highest BCUT2D eigenvalue weighted by Crippen LogP contribution is 2.21. The van der Waals surface area contributed by atoms with Crippen molar-refractivity contribution in [1.29, 1.82) is 0 Å². The summed E-state index contributed by atoms with van der Waals surface area (Å²) in [6, 6.07) is 7.38. The number of carbonyl (C=O) groups excluding carboxylic acids is 2. The molecule has 0 unspecified atom stereocenters. The van der Waals surface area contributed by atoms with Crippen LogP contribution in [0.1, 0.15) is 12.0 Å². The van der Waals surface area contributed by atoms with E-state index in [1.165, 1.54) is 21.8 Å². The van der Waals surface area contributed by atoms with E-state index < -0.39 is 36.3 Å². The first kappa shape index (κ1) is 24.1. The molecule has 12 heteroatoms. The molecule has 33 heavy (non-hydrogen) atoms. The molecule has 0 aliphatic carbocycles. The molecule has 1 aromatic rings. The molecule has 2 fully saturated rings. The molecule has 0 aromatic heterocycles. The number of nitrogens with zero attached hydrogens (tertiary/aromatic N) is 3. The van der Waals surface area contributed by atoms with Crippen molar-refractivity contribution in [3.05, 3.63) is 35.9 Å². The topological polar surface area (TPSA) is 149 Å². The minimum Gasteiger partial charge on any atom is -0.467 e. The zero-order chi connectivity index (χ0) is 24.0. The number of likely N-dealkylation sites (tertiary alicyclic amines) is 1. The lowest BCUT2D eigenvalue weighted by molar-refractivity contribution is -0.145. The van der Waals surface area contributed by atoms with Gasteiger partial charge >= 0.3 is 24.2 Å². The van der Waals surface area contributed by atoms with E-state index in [-0.39, 0.29) is 51.8 Å². The number of amides is 3. The number of benzene rings is 1. The molecule has 3 amide bonds. The maximum Gasteiger partial charge on any atom is 0.410 e. The van der Waals surface area contributed by atoms with E-state index in [0.29, 0.717) is 0 Å². The SMILES string of the molecule is COC(=O)[C@H]1C[C@H](NC[C@@H]2CN(C(=O)O)CCN2C(=O)O)CN1C(=O)OCc1ccccc1. The van der Waals surface area contributed by atoms with Crippen molar-refractivity contribution >= 4 is 24.2 Å². The van der Waals surface area contributed by atoms with E-state index in [4.69, 9.17) is 9.47 Å². The average molecular weight is 464 g/mol. The van der Waals surface area contributed by atoms with Gasteiger partial charge in [-0.15, -0.1) is 0 Å². The van der Waals surface area contributed by atoms with Crippen molar-refractivity contribution in [3.8, 4) is 0 Å². The van der Waals surface area contributed by atoms with Gasteiger partial charge in [0.2, 0.25) is 0 Å². The molecule has 3 atom stereocenters. The third-order valence-electron chi connectivity index (χ3n) is 5.86. The van der Waals surface area contributed by atoms with Gasteiger partial charge in [-0.1, -0.05) is 30.3 Å². The smallest absolute Gasteiger partial charge is 0.410 e. The second-order valence-electron chi connectivity index (χ2n) is 7.93. The van der Waals surface area contributed by atoms with Crippen LogP contribution in [-0.2, 0) is 20.9 Å². The lowest BCUT2D eigenvalue weighted by atomic mass is 10.1. The molecule has 3 rings (SSSR count). The van der Waals surface area contributed by atoms with Crippen LogP contribution in [0.3, 0.4) is 0 Å². The molecule has 0 saturated carbocycles. The predicted molar refractivity (Wildman–Crippen MR) is 114 cm³/mol. The Balaban J connectivity index is 1.61. The van der Waals surface area contributed by atoms with Crippen molar-refractivity contribution < 1.29 is 38.9 Å². The molecule has 3 N–H and O–H groups in total. The lowest BCUT2D eigenvalue weighted by Gasteiger charge is -2.39. The number of carbonyl (C=O) groups is 4. The van der Waals surface area contributed by atoms with Gasteiger partial charge in [0.25, 0.3) is 0 Å². The maximum absolute atomic E-state index is 12.7. The van der Waals surface area contributed by atoms with E-state index in [1.54, 1.807) is 0 Å². The van der Waals surface area contributed by atoms with Crippen molar-refractivity contribution in [1.82, 2.24) is 20.0 Å². The quantitative estimate of drug-likeness (QED) is 0.521. The number of hydrogen-bond acceptors (Lipinski definition) is 7. The van der Waals surface area contributed by atoms with Gasteiger partial charge in [-0.2, -0.15) is 0 Å². The van der Waals surface area contributed by atoms with E-state index in [1.807, 2.05) is 30.3 Å². The number of rotatable bonds is 6. The first-order valence-electron chi connectivity index (χ1n) is 10.6. The predicted octanol–water partition coefficient (Wildman–Crippen LogP) is 0.871. The monoisotopic (exact) mass is 464 g/mol. The minimum absolute atomic E-state index is 0.0324. The zero-order valence-corrected chi connectivity index (χ0v) is 18.3.